The van der Waals surface area contributed by atoms with E-state index in [0.717, 1.165) is 12.1 Å². The number of anilines is 1. The third-order valence-corrected chi connectivity index (χ3v) is 9.34. The van der Waals surface area contributed by atoms with Crippen LogP contribution in [0.15, 0.2) is 71.7 Å². The third kappa shape index (κ3) is 5.46. The van der Waals surface area contributed by atoms with Crippen molar-refractivity contribution in [3.8, 4) is 6.07 Å². The number of nitrogens with one attached hydrogen (secondary N) is 1. The number of hydrogen-bond acceptors (Lipinski definition) is 6. The van der Waals surface area contributed by atoms with Crippen molar-refractivity contribution in [3.63, 3.8) is 0 Å². The summed E-state index contributed by atoms with van der Waals surface area (Å²) in [5.41, 5.74) is 0.615. The number of alkyl halides is 3. The average Bonchev–Trinajstić information content (AvgIpc) is 3.32. The van der Waals surface area contributed by atoms with Crippen molar-refractivity contribution in [2.24, 2.45) is 0 Å². The van der Waals surface area contributed by atoms with Gasteiger partial charge in [0, 0.05) is 23.7 Å². The van der Waals surface area contributed by atoms with Crippen molar-refractivity contribution < 1.29 is 31.2 Å². The van der Waals surface area contributed by atoms with E-state index in [0.29, 0.717) is 41.1 Å². The number of sulfone groups is 1. The van der Waals surface area contributed by atoms with Gasteiger partial charge in [-0.3, -0.25) is 14.6 Å². The molecule has 2 aromatic rings. The summed E-state index contributed by atoms with van der Waals surface area (Å²) in [6.45, 7) is 1.68. The summed E-state index contributed by atoms with van der Waals surface area (Å²) in [5.74, 6) is 0.0392. The number of allylic oxidation sites excluding steroid dienone is 2. The first kappa shape index (κ1) is 28.4. The summed E-state index contributed by atoms with van der Waals surface area (Å²) in [4.78, 5) is 30.3. The molecule has 0 radical (unpaired) electrons. The van der Waals surface area contributed by atoms with E-state index in [9.17, 15) is 36.4 Å². The number of urea groups is 1. The van der Waals surface area contributed by atoms with Gasteiger partial charge >= 0.3 is 12.2 Å². The topological polar surface area (TPSA) is 111 Å². The predicted octanol–water partition coefficient (Wildman–Crippen LogP) is 5.21. The van der Waals surface area contributed by atoms with Crippen LogP contribution in [0.2, 0.25) is 0 Å². The van der Waals surface area contributed by atoms with Crippen LogP contribution >= 0.6 is 0 Å². The van der Waals surface area contributed by atoms with E-state index in [2.05, 4.69) is 5.32 Å². The van der Waals surface area contributed by atoms with Crippen LogP contribution in [0, 0.1) is 11.3 Å². The van der Waals surface area contributed by atoms with Crippen LogP contribution in [0.1, 0.15) is 55.3 Å². The Kier molecular flexibility index (Phi) is 7.42. The highest BCUT2D eigenvalue weighted by Crippen LogP contribution is 2.46. The molecule has 0 saturated carbocycles. The van der Waals surface area contributed by atoms with Crippen molar-refractivity contribution in [1.82, 2.24) is 10.2 Å². The molecule has 214 valence electrons. The molecule has 2 aliphatic heterocycles. The molecule has 5 rings (SSSR count). The Hall–Kier alpha value is -4.11. The minimum atomic E-state index is -4.64. The predicted molar refractivity (Wildman–Crippen MR) is 145 cm³/mol. The number of ketones is 1. The molecular weight excluding hydrogens is 557 g/mol. The van der Waals surface area contributed by atoms with E-state index < -0.39 is 33.6 Å². The Morgan fingerprint density at radius 1 is 1.07 bits per heavy atom. The normalized spacial score (nSPS) is 21.6. The van der Waals surface area contributed by atoms with Crippen LogP contribution in [-0.4, -0.2) is 42.7 Å². The van der Waals surface area contributed by atoms with Crippen LogP contribution in [0.5, 0.6) is 0 Å². The largest absolute Gasteiger partial charge is 0.416 e. The van der Waals surface area contributed by atoms with Crippen LogP contribution in [0.25, 0.3) is 0 Å². The molecule has 1 aliphatic carbocycles. The van der Waals surface area contributed by atoms with Gasteiger partial charge in [-0.2, -0.15) is 18.4 Å². The van der Waals surface area contributed by atoms with Crippen molar-refractivity contribution >= 4 is 27.3 Å². The van der Waals surface area contributed by atoms with E-state index >= 15 is 0 Å². The van der Waals surface area contributed by atoms with E-state index in [1.807, 2.05) is 6.07 Å². The summed E-state index contributed by atoms with van der Waals surface area (Å²) in [5, 5.41) is 12.6. The SMILES string of the molecule is CC=C(NC1CCS(=O)(=O)CC1)N1C(=O)N(c2cccc(C(F)(F)F)c2)C2=C(C(=O)CC2)[C@H]1c1ccc(C#N)cc1. The fraction of sp³-hybridized carbons (Fsp3) is 0.345. The second-order valence-electron chi connectivity index (χ2n) is 10.2. The smallest absolute Gasteiger partial charge is 0.369 e. The lowest BCUT2D eigenvalue weighted by atomic mass is 9.92. The first-order valence-electron chi connectivity index (χ1n) is 13.1. The van der Waals surface area contributed by atoms with Gasteiger partial charge in [-0.25, -0.2) is 13.2 Å². The maximum Gasteiger partial charge on any atom is 0.416 e. The molecule has 1 N–H and O–H groups in total. The Balaban J connectivity index is 1.65. The number of nitriles is 1. The number of Topliss-reactive ketones (excluding diaryl/α,β-unsaturated/α-hetero) is 1. The van der Waals surface area contributed by atoms with Crippen molar-refractivity contribution in [2.45, 2.75) is 50.9 Å². The molecule has 12 heteroatoms. The summed E-state index contributed by atoms with van der Waals surface area (Å²) < 4.78 is 64.8. The zero-order chi connectivity index (χ0) is 29.5. The number of carbonyl (C=O) groups is 2. The molecule has 0 unspecified atom stereocenters. The molecule has 1 saturated heterocycles. The molecule has 0 spiro atoms. The van der Waals surface area contributed by atoms with Gasteiger partial charge in [-0.15, -0.1) is 0 Å². The van der Waals surface area contributed by atoms with Crippen molar-refractivity contribution in [2.75, 3.05) is 16.4 Å². The molecule has 2 heterocycles. The molecule has 3 aliphatic rings. The fourth-order valence-corrected chi connectivity index (χ4v) is 7.08. The van der Waals surface area contributed by atoms with E-state index in [1.165, 1.54) is 21.9 Å². The van der Waals surface area contributed by atoms with Crippen LogP contribution in [-0.2, 0) is 20.8 Å². The van der Waals surface area contributed by atoms with Crippen LogP contribution < -0.4 is 10.2 Å². The Bertz CT molecular complexity index is 1590. The Labute approximate surface area is 235 Å². The van der Waals surface area contributed by atoms with Crippen molar-refractivity contribution in [1.29, 1.82) is 5.26 Å². The summed E-state index contributed by atoms with van der Waals surface area (Å²) in [6, 6.07) is 11.1. The van der Waals surface area contributed by atoms with Gasteiger partial charge in [-0.1, -0.05) is 18.2 Å². The highest BCUT2D eigenvalue weighted by Gasteiger charge is 2.47. The molecule has 8 nitrogen and oxygen atoms in total. The first-order valence-corrected chi connectivity index (χ1v) is 15.0. The first-order chi connectivity index (χ1) is 19.4. The number of nitrogens with zero attached hydrogens (tertiary/aromatic N) is 3. The Morgan fingerprint density at radius 2 is 1.76 bits per heavy atom. The number of amides is 2. The molecule has 0 bridgehead atoms. The van der Waals surface area contributed by atoms with Gasteiger partial charge in [-0.05, 0) is 68.2 Å². The summed E-state index contributed by atoms with van der Waals surface area (Å²) in [6.07, 6.45) is -2.11. The molecule has 2 aromatic carbocycles. The highest BCUT2D eigenvalue weighted by molar-refractivity contribution is 7.91. The van der Waals surface area contributed by atoms with Gasteiger partial charge in [0.2, 0.25) is 0 Å². The molecule has 1 fully saturated rings. The van der Waals surface area contributed by atoms with Gasteiger partial charge in [0.1, 0.15) is 15.7 Å². The van der Waals surface area contributed by atoms with E-state index in [-0.39, 0.29) is 41.9 Å². The Morgan fingerprint density at radius 3 is 2.37 bits per heavy atom. The monoisotopic (exact) mass is 584 g/mol. The molecule has 41 heavy (non-hydrogen) atoms. The number of carbonyl (C=O) groups excluding carboxylic acids is 2. The van der Waals surface area contributed by atoms with Crippen LogP contribution in [0.3, 0.4) is 0 Å². The standard InChI is InChI=1S/C29H27F3N4O4S/c1-2-25(34-21-12-14-41(39,40)15-13-21)36-27(19-8-6-18(17-33)7-9-19)26-23(10-11-24(26)37)35(28(36)38)22-5-3-4-20(16-22)29(30,31)32/h2-9,16,21,27,34H,10-15H2,1H3/t27-/m1/s1. The quantitative estimate of drug-likeness (QED) is 0.517. The minimum Gasteiger partial charge on any atom is -0.369 e. The van der Waals surface area contributed by atoms with E-state index in [1.54, 1.807) is 37.3 Å². The molecule has 0 aromatic heterocycles. The second kappa shape index (κ2) is 10.7. The highest BCUT2D eigenvalue weighted by atomic mass is 32.2. The lowest BCUT2D eigenvalue weighted by Gasteiger charge is -2.44. The second-order valence-corrected chi connectivity index (χ2v) is 12.5. The number of halogens is 3. The fourth-order valence-electron chi connectivity index (χ4n) is 5.59. The van der Waals surface area contributed by atoms with Crippen LogP contribution in [0.4, 0.5) is 23.7 Å². The van der Waals surface area contributed by atoms with Crippen molar-refractivity contribution in [3.05, 3.63) is 88.4 Å². The number of hydrogen-bond donors (Lipinski definition) is 1. The number of rotatable bonds is 5. The lowest BCUT2D eigenvalue weighted by molar-refractivity contribution is -0.137. The zero-order valence-electron chi connectivity index (χ0n) is 22.1. The minimum absolute atomic E-state index is 0.0151. The maximum absolute atomic E-state index is 14.4. The summed E-state index contributed by atoms with van der Waals surface area (Å²) in [7, 11) is -3.15. The van der Waals surface area contributed by atoms with Gasteiger partial charge in [0.25, 0.3) is 0 Å². The average molecular weight is 585 g/mol. The molecular formula is C29H27F3N4O4S. The summed E-state index contributed by atoms with van der Waals surface area (Å²) >= 11 is 0. The van der Waals surface area contributed by atoms with E-state index in [4.69, 9.17) is 0 Å². The zero-order valence-corrected chi connectivity index (χ0v) is 22.9. The van der Waals surface area contributed by atoms with Gasteiger partial charge in [0.05, 0.1) is 40.4 Å². The third-order valence-electron chi connectivity index (χ3n) is 7.63. The molecule has 1 atom stereocenters. The maximum atomic E-state index is 14.4. The molecule has 2 amide bonds. The van der Waals surface area contributed by atoms with Gasteiger partial charge < -0.3 is 5.32 Å². The number of benzene rings is 2. The lowest BCUT2D eigenvalue weighted by Crippen LogP contribution is -2.53. The van der Waals surface area contributed by atoms with Gasteiger partial charge in [0.15, 0.2) is 5.78 Å².